The largest absolute Gasteiger partial charge is 0.497 e. The number of fused-ring (bicyclic) bond motifs is 1. The second kappa shape index (κ2) is 13.9. The van der Waals surface area contributed by atoms with Crippen LogP contribution in [0.5, 0.6) is 5.75 Å². The van der Waals surface area contributed by atoms with Gasteiger partial charge >= 0.3 is 5.97 Å². The van der Waals surface area contributed by atoms with Crippen LogP contribution in [0, 0.1) is 11.8 Å². The number of benzene rings is 1. The lowest BCUT2D eigenvalue weighted by Gasteiger charge is -2.37. The fourth-order valence-electron chi connectivity index (χ4n) is 7.18. The lowest BCUT2D eigenvalue weighted by atomic mass is 9.65. The number of hydrogen-bond acceptors (Lipinski definition) is 7. The molecule has 3 aliphatic rings. The second-order valence-corrected chi connectivity index (χ2v) is 11.5. The van der Waals surface area contributed by atoms with Crippen LogP contribution in [0.4, 0.5) is 5.69 Å². The van der Waals surface area contributed by atoms with Crippen LogP contribution in [-0.4, -0.2) is 78.4 Å². The molecule has 3 heterocycles. The molecule has 42 heavy (non-hydrogen) atoms. The Labute approximate surface area is 249 Å². The number of allylic oxidation sites excluding steroid dienone is 1. The van der Waals surface area contributed by atoms with Crippen LogP contribution in [0.15, 0.2) is 49.6 Å². The maximum atomic E-state index is 14.6. The van der Waals surface area contributed by atoms with Gasteiger partial charge < -0.3 is 29.1 Å². The van der Waals surface area contributed by atoms with E-state index >= 15 is 0 Å². The van der Waals surface area contributed by atoms with Crippen molar-refractivity contribution >= 4 is 23.5 Å². The molecule has 1 spiro atoms. The number of aliphatic hydroxyl groups excluding tert-OH is 1. The predicted octanol–water partition coefficient (Wildman–Crippen LogP) is 4.43. The minimum absolute atomic E-state index is 0.0658. The van der Waals surface area contributed by atoms with Crippen LogP contribution in [0.25, 0.3) is 0 Å². The molecule has 1 N–H and O–H groups in total. The average Bonchev–Trinajstić information content (AvgIpc) is 3.61. The third-order valence-electron chi connectivity index (χ3n) is 9.23. The Morgan fingerprint density at radius 2 is 1.88 bits per heavy atom. The highest BCUT2D eigenvalue weighted by atomic mass is 16.6. The molecule has 3 fully saturated rings. The molecular formula is C33H46N2O7. The topological polar surface area (TPSA) is 106 Å². The molecular weight excluding hydrogens is 536 g/mol. The number of aliphatic hydroxyl groups is 1. The van der Waals surface area contributed by atoms with Crippen molar-refractivity contribution in [2.75, 3.05) is 38.3 Å². The monoisotopic (exact) mass is 582 g/mol. The summed E-state index contributed by atoms with van der Waals surface area (Å²) in [6.07, 6.45) is 9.50. The summed E-state index contributed by atoms with van der Waals surface area (Å²) in [5, 5.41) is 9.30. The molecule has 5 atom stereocenters. The molecule has 2 amide bonds. The van der Waals surface area contributed by atoms with Crippen molar-refractivity contribution in [3.05, 3.63) is 49.6 Å². The van der Waals surface area contributed by atoms with Gasteiger partial charge in [0.1, 0.15) is 23.3 Å². The number of esters is 1. The number of anilines is 1. The summed E-state index contributed by atoms with van der Waals surface area (Å²) in [5.41, 5.74) is -1.32. The van der Waals surface area contributed by atoms with Crippen LogP contribution < -0.4 is 9.64 Å². The Morgan fingerprint density at radius 1 is 1.12 bits per heavy atom. The summed E-state index contributed by atoms with van der Waals surface area (Å²) < 4.78 is 17.9. The molecule has 0 radical (unpaired) electrons. The number of rotatable bonds is 17. The highest BCUT2D eigenvalue weighted by molar-refractivity contribution is 6.04. The standard InChI is InChI=1S/C33H46N2O7/c1-5-8-9-13-23-41-31(39)27-26-29(37)35(21-11-10-12-22-36)28(33(26)19-18-32(27,7-3)42-33)30(38)34(20-6-2)24-14-16-25(40-4)17-15-24/h5-6,14-17,26-28,36H,1-2,7-13,18-23H2,3-4H3/t26-,27-,28?,32+,33?/m0/s1. The molecule has 2 unspecified atom stereocenters. The van der Waals surface area contributed by atoms with E-state index < -0.39 is 35.0 Å². The van der Waals surface area contributed by atoms with Crippen molar-refractivity contribution in [2.45, 2.75) is 82.0 Å². The van der Waals surface area contributed by atoms with Crippen molar-refractivity contribution in [1.29, 1.82) is 0 Å². The van der Waals surface area contributed by atoms with Gasteiger partial charge in [-0.25, -0.2) is 0 Å². The Bertz CT molecular complexity index is 1140. The van der Waals surface area contributed by atoms with Gasteiger partial charge in [-0.05, 0) is 82.1 Å². The van der Waals surface area contributed by atoms with E-state index in [9.17, 15) is 19.5 Å². The minimum Gasteiger partial charge on any atom is -0.497 e. The number of ether oxygens (including phenoxy) is 3. The first-order valence-electron chi connectivity index (χ1n) is 15.3. The molecule has 9 nitrogen and oxygen atoms in total. The molecule has 4 rings (SSSR count). The van der Waals surface area contributed by atoms with E-state index in [2.05, 4.69) is 13.2 Å². The van der Waals surface area contributed by atoms with E-state index in [0.717, 1.165) is 12.8 Å². The lowest BCUT2D eigenvalue weighted by Crippen LogP contribution is -2.56. The van der Waals surface area contributed by atoms with Gasteiger partial charge in [-0.15, -0.1) is 13.2 Å². The molecule has 230 valence electrons. The molecule has 0 aromatic heterocycles. The van der Waals surface area contributed by atoms with Gasteiger partial charge in [-0.3, -0.25) is 14.4 Å². The molecule has 3 saturated heterocycles. The summed E-state index contributed by atoms with van der Waals surface area (Å²) in [6, 6.07) is 6.30. The number of carbonyl (C=O) groups is 3. The Hall–Kier alpha value is -3.17. The Kier molecular flexibility index (Phi) is 10.5. The SMILES string of the molecule is C=CCCCCOC(=O)[C@@H]1[C@H]2C(=O)N(CCCCCO)C(C(=O)N(CC=C)c3ccc(OC)cc3)C23CC[C@@]1(CC)O3. The lowest BCUT2D eigenvalue weighted by molar-refractivity contribution is -0.161. The second-order valence-electron chi connectivity index (χ2n) is 11.5. The van der Waals surface area contributed by atoms with Crippen molar-refractivity contribution in [2.24, 2.45) is 11.8 Å². The molecule has 3 aliphatic heterocycles. The quantitative estimate of drug-likeness (QED) is 0.165. The van der Waals surface area contributed by atoms with Crippen LogP contribution >= 0.6 is 0 Å². The third-order valence-corrected chi connectivity index (χ3v) is 9.23. The van der Waals surface area contributed by atoms with Crippen LogP contribution in [-0.2, 0) is 23.9 Å². The molecule has 2 bridgehead atoms. The summed E-state index contributed by atoms with van der Waals surface area (Å²) >= 11 is 0. The van der Waals surface area contributed by atoms with Crippen LogP contribution in [0.3, 0.4) is 0 Å². The Balaban J connectivity index is 1.70. The average molecular weight is 583 g/mol. The van der Waals surface area contributed by atoms with Gasteiger partial charge in [-0.1, -0.05) is 19.1 Å². The van der Waals surface area contributed by atoms with Crippen LogP contribution in [0.2, 0.25) is 0 Å². The van der Waals surface area contributed by atoms with Gasteiger partial charge in [0.25, 0.3) is 5.91 Å². The molecule has 9 heteroatoms. The van der Waals surface area contributed by atoms with Gasteiger partial charge in [0.05, 0.1) is 25.2 Å². The van der Waals surface area contributed by atoms with E-state index in [1.807, 2.05) is 25.1 Å². The van der Waals surface area contributed by atoms with E-state index in [-0.39, 0.29) is 31.6 Å². The molecule has 1 aromatic rings. The number of carbonyl (C=O) groups excluding carboxylic acids is 3. The molecule has 0 saturated carbocycles. The van der Waals surface area contributed by atoms with E-state index in [1.165, 1.54) is 0 Å². The van der Waals surface area contributed by atoms with Crippen molar-refractivity contribution in [3.63, 3.8) is 0 Å². The van der Waals surface area contributed by atoms with E-state index in [0.29, 0.717) is 62.9 Å². The van der Waals surface area contributed by atoms with E-state index in [4.69, 9.17) is 14.2 Å². The zero-order chi connectivity index (χ0) is 30.3. The maximum Gasteiger partial charge on any atom is 0.312 e. The number of likely N-dealkylation sites (tertiary alicyclic amines) is 1. The summed E-state index contributed by atoms with van der Waals surface area (Å²) in [4.78, 5) is 45.9. The minimum atomic E-state index is -1.13. The van der Waals surface area contributed by atoms with Gasteiger partial charge in [0.15, 0.2) is 0 Å². The Morgan fingerprint density at radius 3 is 2.52 bits per heavy atom. The first-order valence-corrected chi connectivity index (χ1v) is 15.3. The molecule has 0 aliphatic carbocycles. The predicted molar refractivity (Wildman–Crippen MR) is 160 cm³/mol. The first-order chi connectivity index (χ1) is 20.3. The summed E-state index contributed by atoms with van der Waals surface area (Å²) in [5.74, 6) is -1.80. The number of hydrogen-bond donors (Lipinski definition) is 1. The van der Waals surface area contributed by atoms with Crippen LogP contribution in [0.1, 0.15) is 64.7 Å². The molecule has 1 aromatic carbocycles. The van der Waals surface area contributed by atoms with Crippen molar-refractivity contribution in [1.82, 2.24) is 4.90 Å². The number of nitrogens with zero attached hydrogens (tertiary/aromatic N) is 2. The smallest absolute Gasteiger partial charge is 0.312 e. The zero-order valence-corrected chi connectivity index (χ0v) is 25.1. The normalized spacial score (nSPS) is 27.5. The number of amides is 2. The first kappa shape index (κ1) is 31.8. The zero-order valence-electron chi connectivity index (χ0n) is 25.1. The van der Waals surface area contributed by atoms with Gasteiger partial charge in [-0.2, -0.15) is 0 Å². The third kappa shape index (κ3) is 5.73. The highest BCUT2D eigenvalue weighted by Crippen LogP contribution is 2.64. The van der Waals surface area contributed by atoms with Crippen molar-refractivity contribution < 1.29 is 33.7 Å². The van der Waals surface area contributed by atoms with Crippen molar-refractivity contribution in [3.8, 4) is 5.75 Å². The summed E-state index contributed by atoms with van der Waals surface area (Å²) in [6.45, 7) is 10.5. The fourth-order valence-corrected chi connectivity index (χ4v) is 7.18. The number of unbranched alkanes of at least 4 members (excludes halogenated alkanes) is 4. The maximum absolute atomic E-state index is 14.6. The summed E-state index contributed by atoms with van der Waals surface area (Å²) in [7, 11) is 1.58. The fraction of sp³-hybridized carbons (Fsp3) is 0.606. The van der Waals surface area contributed by atoms with Gasteiger partial charge in [0.2, 0.25) is 5.91 Å². The number of methoxy groups -OCH3 is 1. The highest BCUT2D eigenvalue weighted by Gasteiger charge is 2.79. The van der Waals surface area contributed by atoms with E-state index in [1.54, 1.807) is 35.1 Å². The van der Waals surface area contributed by atoms with Gasteiger partial charge in [0, 0.05) is 25.4 Å².